The molecule has 4 rings (SSSR count). The number of piperidine rings is 1. The van der Waals surface area contributed by atoms with E-state index in [-0.39, 0.29) is 6.79 Å². The summed E-state index contributed by atoms with van der Waals surface area (Å²) in [4.78, 5) is 11.3. The summed E-state index contributed by atoms with van der Waals surface area (Å²) in [5.41, 5.74) is 3.24. The van der Waals surface area contributed by atoms with Crippen LogP contribution in [-0.4, -0.2) is 32.1 Å². The van der Waals surface area contributed by atoms with E-state index in [1.165, 1.54) is 43.2 Å². The average molecular weight is 345 g/mol. The quantitative estimate of drug-likeness (QED) is 0.668. The van der Waals surface area contributed by atoms with Crippen molar-refractivity contribution in [1.82, 2.24) is 5.32 Å². The van der Waals surface area contributed by atoms with Crippen molar-refractivity contribution in [2.75, 3.05) is 19.9 Å². The van der Waals surface area contributed by atoms with Gasteiger partial charge in [0.25, 0.3) is 0 Å². The Labute approximate surface area is 149 Å². The van der Waals surface area contributed by atoms with Crippen molar-refractivity contribution in [2.24, 2.45) is 5.92 Å². The lowest BCUT2D eigenvalue weighted by Crippen LogP contribution is -2.59. The largest absolute Gasteiger partial charge is 0.511 e. The average Bonchev–Trinajstić information content (AvgIpc) is 2.62. The van der Waals surface area contributed by atoms with Gasteiger partial charge < -0.3 is 19.5 Å². The fourth-order valence-corrected chi connectivity index (χ4v) is 5.30. The predicted molar refractivity (Wildman–Crippen MR) is 93.8 cm³/mol. The molecule has 1 N–H and O–H groups in total. The zero-order valence-corrected chi connectivity index (χ0v) is 14.9. The van der Waals surface area contributed by atoms with Crippen molar-refractivity contribution < 1.29 is 19.0 Å². The Balaban J connectivity index is 1.54. The molecule has 0 spiro atoms. The van der Waals surface area contributed by atoms with Gasteiger partial charge in [-0.3, -0.25) is 0 Å². The minimum atomic E-state index is -0.687. The summed E-state index contributed by atoms with van der Waals surface area (Å²) in [5, 5.41) is 3.76. The molecule has 3 atom stereocenters. The molecule has 5 heteroatoms. The lowest BCUT2D eigenvalue weighted by molar-refractivity contribution is 0.00661. The van der Waals surface area contributed by atoms with Gasteiger partial charge in [-0.2, -0.15) is 0 Å². The van der Waals surface area contributed by atoms with E-state index in [1.807, 2.05) is 6.07 Å². The van der Waals surface area contributed by atoms with E-state index in [0.29, 0.717) is 18.1 Å². The van der Waals surface area contributed by atoms with E-state index in [1.54, 1.807) is 6.92 Å². The third-order valence-corrected chi connectivity index (χ3v) is 6.28. The van der Waals surface area contributed by atoms with Gasteiger partial charge in [-0.25, -0.2) is 4.79 Å². The number of fused-ring (bicyclic) bond motifs is 1. The maximum atomic E-state index is 11.3. The number of carbonyl (C=O) groups is 1. The van der Waals surface area contributed by atoms with Crippen molar-refractivity contribution in [3.8, 4) is 5.75 Å². The second-order valence-corrected chi connectivity index (χ2v) is 7.43. The first-order chi connectivity index (χ1) is 12.2. The third kappa shape index (κ3) is 2.99. The van der Waals surface area contributed by atoms with Crippen LogP contribution in [0.4, 0.5) is 4.79 Å². The van der Waals surface area contributed by atoms with Gasteiger partial charge in [0, 0.05) is 11.5 Å². The number of hydrogen-bond donors (Lipinski definition) is 1. The van der Waals surface area contributed by atoms with E-state index in [2.05, 4.69) is 17.4 Å². The summed E-state index contributed by atoms with van der Waals surface area (Å²) in [6, 6.07) is 7.01. The number of hydrogen-bond acceptors (Lipinski definition) is 5. The van der Waals surface area contributed by atoms with Gasteiger partial charge in [-0.1, -0.05) is 18.9 Å². The van der Waals surface area contributed by atoms with Gasteiger partial charge in [-0.05, 0) is 68.3 Å². The van der Waals surface area contributed by atoms with Crippen LogP contribution in [0.15, 0.2) is 18.2 Å². The van der Waals surface area contributed by atoms with Crippen LogP contribution in [0.1, 0.15) is 50.2 Å². The van der Waals surface area contributed by atoms with Crippen LogP contribution in [0.2, 0.25) is 0 Å². The Morgan fingerprint density at radius 1 is 1.28 bits per heavy atom. The maximum absolute atomic E-state index is 11.3. The summed E-state index contributed by atoms with van der Waals surface area (Å²) < 4.78 is 15.3. The first-order valence-electron chi connectivity index (χ1n) is 9.52. The molecule has 1 heterocycles. The standard InChI is InChI=1S/C20H27NO4/c1-2-23-19(22)25-13-24-15-7-6-14-11-18-16-5-3-4-8-20(16,9-10-21-18)17(14)12-15/h6-7,12,16,18,21H,2-5,8-11,13H2,1H3/t16-,18+,20+/m1/s1. The van der Waals surface area contributed by atoms with Gasteiger partial charge in [0.1, 0.15) is 5.75 Å². The SMILES string of the molecule is CCOC(=O)OCOc1ccc2c(c1)[C@]13CCCC[C@@H]1[C@H](C2)NCC3. The molecule has 25 heavy (non-hydrogen) atoms. The number of ether oxygens (including phenoxy) is 3. The minimum Gasteiger partial charge on any atom is -0.457 e. The van der Waals surface area contributed by atoms with Crippen molar-refractivity contribution in [3.63, 3.8) is 0 Å². The Morgan fingerprint density at radius 3 is 3.08 bits per heavy atom. The van der Waals surface area contributed by atoms with Gasteiger partial charge in [0.15, 0.2) is 0 Å². The molecule has 0 amide bonds. The van der Waals surface area contributed by atoms with E-state index in [9.17, 15) is 4.79 Å². The molecule has 1 aromatic rings. The van der Waals surface area contributed by atoms with Crippen molar-refractivity contribution in [1.29, 1.82) is 0 Å². The molecule has 1 aliphatic heterocycles. The van der Waals surface area contributed by atoms with Crippen molar-refractivity contribution >= 4 is 6.16 Å². The van der Waals surface area contributed by atoms with Crippen LogP contribution in [0.5, 0.6) is 5.75 Å². The van der Waals surface area contributed by atoms with Crippen LogP contribution in [0.3, 0.4) is 0 Å². The fourth-order valence-electron chi connectivity index (χ4n) is 5.30. The summed E-state index contributed by atoms with van der Waals surface area (Å²) >= 11 is 0. The van der Waals surface area contributed by atoms with Crippen LogP contribution >= 0.6 is 0 Å². The van der Waals surface area contributed by atoms with Gasteiger partial charge >= 0.3 is 6.16 Å². The topological polar surface area (TPSA) is 56.8 Å². The highest BCUT2D eigenvalue weighted by molar-refractivity contribution is 5.59. The van der Waals surface area contributed by atoms with Crippen LogP contribution < -0.4 is 10.1 Å². The molecule has 1 aromatic carbocycles. The molecule has 0 unspecified atom stereocenters. The highest BCUT2D eigenvalue weighted by Crippen LogP contribution is 2.54. The first kappa shape index (κ1) is 16.7. The Kier molecular flexibility index (Phi) is 4.59. The summed E-state index contributed by atoms with van der Waals surface area (Å²) in [6.07, 6.45) is 6.92. The number of nitrogens with one attached hydrogen (secondary N) is 1. The summed E-state index contributed by atoms with van der Waals surface area (Å²) in [7, 11) is 0. The van der Waals surface area contributed by atoms with E-state index in [4.69, 9.17) is 14.2 Å². The number of benzene rings is 1. The van der Waals surface area contributed by atoms with Crippen LogP contribution in [-0.2, 0) is 21.3 Å². The van der Waals surface area contributed by atoms with Crippen molar-refractivity contribution in [3.05, 3.63) is 29.3 Å². The molecule has 1 saturated heterocycles. The Hall–Kier alpha value is -1.75. The molecule has 3 aliphatic rings. The molecule has 5 nitrogen and oxygen atoms in total. The lowest BCUT2D eigenvalue weighted by Gasteiger charge is -2.56. The molecule has 136 valence electrons. The Bertz CT molecular complexity index is 643. The predicted octanol–water partition coefficient (Wildman–Crippen LogP) is 3.54. The van der Waals surface area contributed by atoms with Gasteiger partial charge in [0.2, 0.25) is 6.79 Å². The highest BCUT2D eigenvalue weighted by Gasteiger charge is 2.51. The molecule has 1 saturated carbocycles. The highest BCUT2D eigenvalue weighted by atomic mass is 16.8. The second-order valence-electron chi connectivity index (χ2n) is 7.43. The van der Waals surface area contributed by atoms with Crippen LogP contribution in [0, 0.1) is 5.92 Å². The summed E-state index contributed by atoms with van der Waals surface area (Å²) in [5.74, 6) is 1.52. The van der Waals surface area contributed by atoms with E-state index in [0.717, 1.165) is 24.6 Å². The van der Waals surface area contributed by atoms with E-state index >= 15 is 0 Å². The second kappa shape index (κ2) is 6.87. The zero-order valence-electron chi connectivity index (χ0n) is 14.9. The normalized spacial score (nSPS) is 30.0. The molecular weight excluding hydrogens is 318 g/mol. The monoisotopic (exact) mass is 345 g/mol. The smallest absolute Gasteiger partial charge is 0.457 e. The Morgan fingerprint density at radius 2 is 2.20 bits per heavy atom. The molecular formula is C20H27NO4. The zero-order chi connectivity index (χ0) is 17.3. The lowest BCUT2D eigenvalue weighted by atomic mass is 9.53. The van der Waals surface area contributed by atoms with Gasteiger partial charge in [-0.15, -0.1) is 0 Å². The molecule has 2 fully saturated rings. The number of carbonyl (C=O) groups excluding carboxylic acids is 1. The maximum Gasteiger partial charge on any atom is 0.511 e. The summed E-state index contributed by atoms with van der Waals surface area (Å²) in [6.45, 7) is 3.05. The number of rotatable bonds is 4. The first-order valence-corrected chi connectivity index (χ1v) is 9.52. The van der Waals surface area contributed by atoms with Crippen LogP contribution in [0.25, 0.3) is 0 Å². The fraction of sp³-hybridized carbons (Fsp3) is 0.650. The van der Waals surface area contributed by atoms with Crippen molar-refractivity contribution in [2.45, 2.75) is 56.9 Å². The van der Waals surface area contributed by atoms with Gasteiger partial charge in [0.05, 0.1) is 6.61 Å². The molecule has 2 aliphatic carbocycles. The molecule has 0 radical (unpaired) electrons. The minimum absolute atomic E-state index is 0.113. The third-order valence-electron chi connectivity index (χ3n) is 6.28. The molecule has 0 aromatic heterocycles. The molecule has 2 bridgehead atoms. The van der Waals surface area contributed by atoms with E-state index < -0.39 is 6.16 Å².